The van der Waals surface area contributed by atoms with Crippen LogP contribution in [0.4, 0.5) is 0 Å². The molecule has 0 aromatic heterocycles. The SMILES string of the molecule is C[C@@H]1C(=O)C[C@@]1(B1OC(C)(C)C(C)(C)O1)c1ccccc1. The Kier molecular flexibility index (Phi) is 3.13. The summed E-state index contributed by atoms with van der Waals surface area (Å²) in [4.78, 5) is 12.0. The van der Waals surface area contributed by atoms with E-state index >= 15 is 0 Å². The third-order valence-corrected chi connectivity index (χ3v) is 5.71. The van der Waals surface area contributed by atoms with Crippen LogP contribution in [-0.2, 0) is 19.4 Å². The minimum Gasteiger partial charge on any atom is -0.403 e. The Hall–Kier alpha value is -1.13. The van der Waals surface area contributed by atoms with Crippen molar-refractivity contribution < 1.29 is 14.1 Å². The number of hydrogen-bond donors (Lipinski definition) is 0. The Balaban J connectivity index is 2.02. The van der Waals surface area contributed by atoms with Gasteiger partial charge in [0.25, 0.3) is 0 Å². The first-order chi connectivity index (χ1) is 9.71. The van der Waals surface area contributed by atoms with Gasteiger partial charge in [-0.05, 0) is 33.3 Å². The highest BCUT2D eigenvalue weighted by atomic mass is 16.7. The van der Waals surface area contributed by atoms with Gasteiger partial charge in [-0.3, -0.25) is 4.79 Å². The zero-order chi connectivity index (χ0) is 15.5. The fourth-order valence-electron chi connectivity index (χ4n) is 3.33. The van der Waals surface area contributed by atoms with Gasteiger partial charge < -0.3 is 9.31 Å². The summed E-state index contributed by atoms with van der Waals surface area (Å²) in [5, 5.41) is -0.358. The van der Waals surface area contributed by atoms with Crippen molar-refractivity contribution in [3.8, 4) is 0 Å². The van der Waals surface area contributed by atoms with Crippen LogP contribution in [0.5, 0.6) is 0 Å². The molecular weight excluding hydrogens is 263 g/mol. The van der Waals surface area contributed by atoms with E-state index in [1.807, 2.05) is 25.1 Å². The summed E-state index contributed by atoms with van der Waals surface area (Å²) in [5.74, 6) is 0.211. The van der Waals surface area contributed by atoms with Gasteiger partial charge in [0.05, 0.1) is 11.2 Å². The Morgan fingerprint density at radius 1 is 1.05 bits per heavy atom. The van der Waals surface area contributed by atoms with Crippen LogP contribution in [0, 0.1) is 5.92 Å². The molecule has 21 heavy (non-hydrogen) atoms. The lowest BCUT2D eigenvalue weighted by atomic mass is 9.39. The van der Waals surface area contributed by atoms with Crippen molar-refractivity contribution in [2.24, 2.45) is 5.92 Å². The quantitative estimate of drug-likeness (QED) is 0.783. The smallest absolute Gasteiger partial charge is 0.403 e. The van der Waals surface area contributed by atoms with Crippen LogP contribution >= 0.6 is 0 Å². The van der Waals surface area contributed by atoms with Crippen molar-refractivity contribution >= 4 is 12.9 Å². The van der Waals surface area contributed by atoms with Gasteiger partial charge in [0.1, 0.15) is 5.78 Å². The van der Waals surface area contributed by atoms with Crippen LogP contribution in [0.3, 0.4) is 0 Å². The van der Waals surface area contributed by atoms with Crippen LogP contribution in [0.2, 0.25) is 0 Å². The second-order valence-electron chi connectivity index (χ2n) is 7.36. The summed E-state index contributed by atoms with van der Waals surface area (Å²) >= 11 is 0. The van der Waals surface area contributed by atoms with E-state index < -0.39 is 0 Å². The molecular formula is C17H23BO3. The van der Waals surface area contributed by atoms with Crippen LogP contribution in [0.1, 0.15) is 46.6 Å². The highest BCUT2D eigenvalue weighted by molar-refractivity contribution is 6.52. The molecule has 112 valence electrons. The average Bonchev–Trinajstić information content (AvgIpc) is 2.65. The first-order valence-electron chi connectivity index (χ1n) is 7.64. The lowest BCUT2D eigenvalue weighted by Crippen LogP contribution is -2.61. The predicted octanol–water partition coefficient (Wildman–Crippen LogP) is 3.16. The molecule has 0 N–H and O–H groups in total. The third kappa shape index (κ3) is 1.92. The van der Waals surface area contributed by atoms with Crippen molar-refractivity contribution in [2.45, 2.75) is 57.6 Å². The molecule has 3 nitrogen and oxygen atoms in total. The maximum Gasteiger partial charge on any atom is 0.470 e. The number of Topliss-reactive ketones (excluding diaryl/α,β-unsaturated/α-hetero) is 1. The maximum atomic E-state index is 12.0. The zero-order valence-corrected chi connectivity index (χ0v) is 13.5. The minimum absolute atomic E-state index is 0.0744. The number of hydrogen-bond acceptors (Lipinski definition) is 3. The summed E-state index contributed by atoms with van der Waals surface area (Å²) in [6, 6.07) is 10.2. The standard InChI is InChI=1S/C17H23BO3/c1-12-14(19)11-17(12,13-9-7-6-8-10-13)18-20-15(2,3)16(4,5)21-18/h6-10,12H,11H2,1-5H3/t12-,17+/m1/s1. The van der Waals surface area contributed by atoms with E-state index in [-0.39, 0.29) is 35.3 Å². The van der Waals surface area contributed by atoms with Gasteiger partial charge in [0, 0.05) is 17.7 Å². The van der Waals surface area contributed by atoms with Gasteiger partial charge >= 0.3 is 7.12 Å². The molecule has 2 atom stereocenters. The van der Waals surface area contributed by atoms with Crippen LogP contribution in [0.25, 0.3) is 0 Å². The Morgan fingerprint density at radius 2 is 1.57 bits per heavy atom. The molecule has 1 aliphatic heterocycles. The topological polar surface area (TPSA) is 35.5 Å². The van der Waals surface area contributed by atoms with Crippen molar-refractivity contribution in [1.29, 1.82) is 0 Å². The van der Waals surface area contributed by atoms with Crippen molar-refractivity contribution in [1.82, 2.24) is 0 Å². The monoisotopic (exact) mass is 286 g/mol. The molecule has 0 amide bonds. The molecule has 1 saturated carbocycles. The van der Waals surface area contributed by atoms with E-state index in [0.717, 1.165) is 5.56 Å². The van der Waals surface area contributed by atoms with E-state index in [1.165, 1.54) is 0 Å². The first kappa shape index (κ1) is 14.8. The van der Waals surface area contributed by atoms with Gasteiger partial charge in [-0.1, -0.05) is 37.3 Å². The summed E-state index contributed by atoms with van der Waals surface area (Å²) in [5.41, 5.74) is 0.380. The normalized spacial score (nSPS) is 33.9. The molecule has 1 aliphatic carbocycles. The molecule has 2 fully saturated rings. The van der Waals surface area contributed by atoms with Crippen LogP contribution < -0.4 is 0 Å². The molecule has 1 heterocycles. The number of benzene rings is 1. The molecule has 0 spiro atoms. The number of rotatable bonds is 2. The summed E-state index contributed by atoms with van der Waals surface area (Å²) in [6.45, 7) is 10.2. The molecule has 0 unspecified atom stereocenters. The first-order valence-corrected chi connectivity index (χ1v) is 7.64. The Labute approximate surface area is 127 Å². The summed E-state index contributed by atoms with van der Waals surface area (Å²) in [6.07, 6.45) is 0.495. The highest BCUT2D eigenvalue weighted by Crippen LogP contribution is 2.53. The van der Waals surface area contributed by atoms with E-state index in [2.05, 4.69) is 39.8 Å². The average molecular weight is 286 g/mol. The lowest BCUT2D eigenvalue weighted by molar-refractivity contribution is -0.133. The molecule has 4 heteroatoms. The lowest BCUT2D eigenvalue weighted by Gasteiger charge is -2.47. The van der Waals surface area contributed by atoms with E-state index in [4.69, 9.17) is 9.31 Å². The van der Waals surface area contributed by atoms with E-state index in [1.54, 1.807) is 0 Å². The molecule has 1 saturated heterocycles. The fraction of sp³-hybridized carbons (Fsp3) is 0.588. The minimum atomic E-state index is -0.377. The maximum absolute atomic E-state index is 12.0. The van der Waals surface area contributed by atoms with Gasteiger partial charge in [-0.25, -0.2) is 0 Å². The number of carbonyl (C=O) groups is 1. The highest BCUT2D eigenvalue weighted by Gasteiger charge is 2.67. The Bertz CT molecular complexity index is 551. The van der Waals surface area contributed by atoms with Crippen LogP contribution in [0.15, 0.2) is 30.3 Å². The Morgan fingerprint density at radius 3 is 2.00 bits per heavy atom. The van der Waals surface area contributed by atoms with Gasteiger partial charge in [-0.2, -0.15) is 0 Å². The van der Waals surface area contributed by atoms with Gasteiger partial charge in [0.2, 0.25) is 0 Å². The molecule has 3 rings (SSSR count). The van der Waals surface area contributed by atoms with Gasteiger partial charge in [-0.15, -0.1) is 0 Å². The molecule has 2 aliphatic rings. The molecule has 0 radical (unpaired) electrons. The molecule has 1 aromatic carbocycles. The molecule has 1 aromatic rings. The van der Waals surface area contributed by atoms with E-state index in [0.29, 0.717) is 6.42 Å². The summed E-state index contributed by atoms with van der Waals surface area (Å²) < 4.78 is 12.5. The predicted molar refractivity (Wildman–Crippen MR) is 83.0 cm³/mol. The second-order valence-corrected chi connectivity index (χ2v) is 7.36. The van der Waals surface area contributed by atoms with Crippen molar-refractivity contribution in [2.75, 3.05) is 0 Å². The van der Waals surface area contributed by atoms with Crippen molar-refractivity contribution in [3.05, 3.63) is 35.9 Å². The van der Waals surface area contributed by atoms with E-state index in [9.17, 15) is 4.79 Å². The fourth-order valence-corrected chi connectivity index (χ4v) is 3.33. The van der Waals surface area contributed by atoms with Crippen molar-refractivity contribution in [3.63, 3.8) is 0 Å². The third-order valence-electron chi connectivity index (χ3n) is 5.71. The van der Waals surface area contributed by atoms with Gasteiger partial charge in [0.15, 0.2) is 0 Å². The number of carbonyl (C=O) groups excluding carboxylic acids is 1. The largest absolute Gasteiger partial charge is 0.470 e. The van der Waals surface area contributed by atoms with Crippen LogP contribution in [-0.4, -0.2) is 24.1 Å². The summed E-state index contributed by atoms with van der Waals surface area (Å²) in [7, 11) is -0.377. The zero-order valence-electron chi connectivity index (χ0n) is 13.5. The molecule has 0 bridgehead atoms. The number of ketones is 1. The second kappa shape index (κ2) is 4.44.